The number of nitrogens with zero attached hydrogens (tertiary/aromatic N) is 1. The van der Waals surface area contributed by atoms with Gasteiger partial charge in [-0.3, -0.25) is 0 Å². The van der Waals surface area contributed by atoms with Gasteiger partial charge in [0.05, 0.1) is 0 Å². The zero-order valence-corrected chi connectivity index (χ0v) is 11.4. The summed E-state index contributed by atoms with van der Waals surface area (Å²) in [5.41, 5.74) is 1.16. The van der Waals surface area contributed by atoms with Crippen molar-refractivity contribution in [1.82, 2.24) is 0 Å². The number of oxime groups is 1. The summed E-state index contributed by atoms with van der Waals surface area (Å²) in [5.74, 6) is 0.0523. The number of hydrogen-bond donors (Lipinski definition) is 0. The fraction of sp³-hybridized carbons (Fsp3) is 0.333. The molecule has 1 rings (SSSR count). The molecule has 0 atom stereocenters. The summed E-state index contributed by atoms with van der Waals surface area (Å²) in [6.45, 7) is 1.54. The molecule has 0 aromatic heterocycles. The lowest BCUT2D eigenvalue weighted by Crippen LogP contribution is -2.18. The highest BCUT2D eigenvalue weighted by Gasteiger charge is 2.12. The zero-order valence-electron chi connectivity index (χ0n) is 9.77. The average molecular weight is 300 g/mol. The summed E-state index contributed by atoms with van der Waals surface area (Å²) >= 11 is 3.36. The Kier molecular flexibility index (Phi) is 5.69. The van der Waals surface area contributed by atoms with Gasteiger partial charge in [-0.25, -0.2) is 4.79 Å². The van der Waals surface area contributed by atoms with Crippen LogP contribution in [0.4, 0.5) is 0 Å². The first-order valence-electron chi connectivity index (χ1n) is 5.12. The average Bonchev–Trinajstić information content (AvgIpc) is 2.32. The second-order valence-corrected chi connectivity index (χ2v) is 4.09. The molecule has 0 saturated heterocycles. The standard InChI is InChI=1S/C12H14BrNO3/c1-9(14-16-2)12(15)17-11-6-4-3-5-10(11)7-8-13/h3-6H,7-8H2,1-2H3/b14-9-. The van der Waals surface area contributed by atoms with Gasteiger partial charge < -0.3 is 9.57 Å². The lowest BCUT2D eigenvalue weighted by atomic mass is 10.1. The number of carbonyl (C=O) groups is 1. The minimum absolute atomic E-state index is 0.182. The third-order valence-corrected chi connectivity index (χ3v) is 2.46. The Morgan fingerprint density at radius 2 is 2.12 bits per heavy atom. The largest absolute Gasteiger partial charge is 0.422 e. The Morgan fingerprint density at radius 1 is 1.41 bits per heavy atom. The van der Waals surface area contributed by atoms with Crippen molar-refractivity contribution in [3.63, 3.8) is 0 Å². The van der Waals surface area contributed by atoms with Crippen molar-refractivity contribution >= 4 is 27.6 Å². The Labute approximate surface area is 109 Å². The third-order valence-electron chi connectivity index (χ3n) is 2.06. The molecule has 17 heavy (non-hydrogen) atoms. The molecule has 0 heterocycles. The number of benzene rings is 1. The van der Waals surface area contributed by atoms with Crippen LogP contribution in [0, 0.1) is 0 Å². The molecule has 0 N–H and O–H groups in total. The van der Waals surface area contributed by atoms with E-state index in [4.69, 9.17) is 4.74 Å². The maximum Gasteiger partial charge on any atom is 0.361 e. The number of rotatable bonds is 5. The summed E-state index contributed by atoms with van der Waals surface area (Å²) < 4.78 is 5.24. The molecule has 0 aliphatic heterocycles. The van der Waals surface area contributed by atoms with Gasteiger partial charge in [0.2, 0.25) is 0 Å². The minimum atomic E-state index is -0.506. The van der Waals surface area contributed by atoms with Crippen molar-refractivity contribution in [1.29, 1.82) is 0 Å². The van der Waals surface area contributed by atoms with Crippen molar-refractivity contribution < 1.29 is 14.4 Å². The van der Waals surface area contributed by atoms with Gasteiger partial charge in [0.25, 0.3) is 0 Å². The van der Waals surface area contributed by atoms with Crippen molar-refractivity contribution in [3.8, 4) is 5.75 Å². The van der Waals surface area contributed by atoms with E-state index in [0.717, 1.165) is 17.3 Å². The number of ether oxygens (including phenoxy) is 1. The van der Waals surface area contributed by atoms with Crippen LogP contribution in [0.15, 0.2) is 29.4 Å². The predicted octanol–water partition coefficient (Wildman–Crippen LogP) is 2.55. The van der Waals surface area contributed by atoms with Gasteiger partial charge in [0, 0.05) is 5.33 Å². The molecule has 5 heteroatoms. The predicted molar refractivity (Wildman–Crippen MR) is 69.7 cm³/mol. The number of para-hydroxylation sites is 1. The molecule has 0 fully saturated rings. The zero-order chi connectivity index (χ0) is 12.7. The first kappa shape index (κ1) is 13.7. The highest BCUT2D eigenvalue weighted by atomic mass is 79.9. The van der Waals surface area contributed by atoms with E-state index in [1.807, 2.05) is 18.2 Å². The van der Waals surface area contributed by atoms with Crippen LogP contribution in [0.5, 0.6) is 5.75 Å². The maximum absolute atomic E-state index is 11.6. The molecule has 0 amide bonds. The molecule has 0 spiro atoms. The molecular formula is C12H14BrNO3. The molecular weight excluding hydrogens is 286 g/mol. The molecule has 0 bridgehead atoms. The van der Waals surface area contributed by atoms with Crippen LogP contribution in [0.3, 0.4) is 0 Å². The minimum Gasteiger partial charge on any atom is -0.422 e. The van der Waals surface area contributed by atoms with E-state index in [1.54, 1.807) is 13.0 Å². The van der Waals surface area contributed by atoms with E-state index in [0.29, 0.717) is 5.75 Å². The van der Waals surface area contributed by atoms with Crippen molar-refractivity contribution in [2.24, 2.45) is 5.16 Å². The van der Waals surface area contributed by atoms with Crippen LogP contribution in [-0.4, -0.2) is 24.1 Å². The molecule has 0 saturated carbocycles. The Hall–Kier alpha value is -1.36. The van der Waals surface area contributed by atoms with Gasteiger partial charge in [-0.15, -0.1) is 0 Å². The SMILES string of the molecule is CO/N=C(/C)C(=O)Oc1ccccc1CCBr. The number of esters is 1. The van der Waals surface area contributed by atoms with Gasteiger partial charge >= 0.3 is 5.97 Å². The Morgan fingerprint density at radius 3 is 2.76 bits per heavy atom. The number of hydrogen-bond acceptors (Lipinski definition) is 4. The summed E-state index contributed by atoms with van der Waals surface area (Å²) in [4.78, 5) is 16.1. The van der Waals surface area contributed by atoms with Crippen LogP contribution < -0.4 is 4.74 Å². The highest BCUT2D eigenvalue weighted by Crippen LogP contribution is 2.19. The van der Waals surface area contributed by atoms with Crippen molar-refractivity contribution in [2.45, 2.75) is 13.3 Å². The van der Waals surface area contributed by atoms with E-state index in [-0.39, 0.29) is 5.71 Å². The number of halogens is 1. The Bertz CT molecular complexity index is 418. The summed E-state index contributed by atoms with van der Waals surface area (Å²) in [6.07, 6.45) is 0.796. The number of aryl methyl sites for hydroxylation is 1. The second kappa shape index (κ2) is 7.06. The van der Waals surface area contributed by atoms with E-state index < -0.39 is 5.97 Å². The van der Waals surface area contributed by atoms with E-state index >= 15 is 0 Å². The molecule has 0 radical (unpaired) electrons. The summed E-state index contributed by atoms with van der Waals surface area (Å²) in [6, 6.07) is 7.41. The summed E-state index contributed by atoms with van der Waals surface area (Å²) in [5, 5.41) is 4.34. The van der Waals surface area contributed by atoms with Crippen molar-refractivity contribution in [2.75, 3.05) is 12.4 Å². The molecule has 4 nitrogen and oxygen atoms in total. The topological polar surface area (TPSA) is 47.9 Å². The molecule has 0 unspecified atom stereocenters. The second-order valence-electron chi connectivity index (χ2n) is 3.30. The van der Waals surface area contributed by atoms with Crippen LogP contribution in [0.25, 0.3) is 0 Å². The fourth-order valence-corrected chi connectivity index (χ4v) is 1.69. The number of carbonyl (C=O) groups excluding carboxylic acids is 1. The quantitative estimate of drug-likeness (QED) is 0.276. The molecule has 0 aliphatic carbocycles. The van der Waals surface area contributed by atoms with Gasteiger partial charge in [-0.05, 0) is 25.0 Å². The first-order chi connectivity index (χ1) is 8.19. The van der Waals surface area contributed by atoms with Gasteiger partial charge in [0.1, 0.15) is 12.9 Å². The van der Waals surface area contributed by atoms with Gasteiger partial charge in [-0.1, -0.05) is 39.3 Å². The molecule has 1 aromatic rings. The monoisotopic (exact) mass is 299 g/mol. The van der Waals surface area contributed by atoms with Gasteiger partial charge in [0.15, 0.2) is 5.71 Å². The Balaban J connectivity index is 2.81. The number of alkyl halides is 1. The van der Waals surface area contributed by atoms with Crippen LogP contribution in [-0.2, 0) is 16.1 Å². The van der Waals surface area contributed by atoms with Crippen LogP contribution >= 0.6 is 15.9 Å². The lowest BCUT2D eigenvalue weighted by molar-refractivity contribution is -0.127. The highest BCUT2D eigenvalue weighted by molar-refractivity contribution is 9.09. The smallest absolute Gasteiger partial charge is 0.361 e. The maximum atomic E-state index is 11.6. The first-order valence-corrected chi connectivity index (χ1v) is 6.25. The van der Waals surface area contributed by atoms with Crippen molar-refractivity contribution in [3.05, 3.63) is 29.8 Å². The normalized spacial score (nSPS) is 11.1. The van der Waals surface area contributed by atoms with Crippen LogP contribution in [0.1, 0.15) is 12.5 Å². The van der Waals surface area contributed by atoms with Gasteiger partial charge in [-0.2, -0.15) is 0 Å². The van der Waals surface area contributed by atoms with E-state index in [2.05, 4.69) is 25.9 Å². The molecule has 92 valence electrons. The molecule has 1 aromatic carbocycles. The summed E-state index contributed by atoms with van der Waals surface area (Å²) in [7, 11) is 1.38. The van der Waals surface area contributed by atoms with Crippen LogP contribution in [0.2, 0.25) is 0 Å². The van der Waals surface area contributed by atoms with E-state index in [9.17, 15) is 4.79 Å². The lowest BCUT2D eigenvalue weighted by Gasteiger charge is -2.08. The van der Waals surface area contributed by atoms with E-state index in [1.165, 1.54) is 7.11 Å². The fourth-order valence-electron chi connectivity index (χ4n) is 1.26. The molecule has 0 aliphatic rings. The third kappa shape index (κ3) is 4.19.